The highest BCUT2D eigenvalue weighted by molar-refractivity contribution is 5.91. The lowest BCUT2D eigenvalue weighted by Gasteiger charge is -2.25. The zero-order chi connectivity index (χ0) is 15.6. The summed E-state index contributed by atoms with van der Waals surface area (Å²) in [6.45, 7) is 0. The van der Waals surface area contributed by atoms with Gasteiger partial charge in [0, 0.05) is 35.1 Å². The van der Waals surface area contributed by atoms with E-state index in [1.165, 1.54) is 6.20 Å². The summed E-state index contributed by atoms with van der Waals surface area (Å²) >= 11 is 0. The van der Waals surface area contributed by atoms with Gasteiger partial charge >= 0.3 is 11.9 Å². The molecule has 0 bridgehead atoms. The van der Waals surface area contributed by atoms with Crippen LogP contribution < -0.4 is 5.73 Å². The number of fused-ring (bicyclic) bond motifs is 1. The highest BCUT2D eigenvalue weighted by Crippen LogP contribution is 2.33. The molecule has 0 fully saturated rings. The van der Waals surface area contributed by atoms with Crippen molar-refractivity contribution in [1.82, 2.24) is 4.98 Å². The molecule has 0 radical (unpaired) electrons. The molecular weight excluding hydrogens is 276 g/mol. The van der Waals surface area contributed by atoms with E-state index in [0.29, 0.717) is 10.9 Å². The Morgan fingerprint density at radius 1 is 1.29 bits per heavy atom. The second kappa shape index (κ2) is 5.55. The Bertz CT molecular complexity index is 681. The first-order chi connectivity index (χ1) is 9.84. The van der Waals surface area contributed by atoms with Gasteiger partial charge < -0.3 is 26.0 Å². The summed E-state index contributed by atoms with van der Waals surface area (Å²) in [7, 11) is 0. The predicted octanol–water partition coefficient (Wildman–Crippen LogP) is 0.632. The number of nitrogens with two attached hydrogens (primary N) is 1. The standard InChI is InChI=1S/C14H16N2O5/c15-8(5-12(17)18)6-14(21,13(19)20)10-7-16-11-4-2-1-3-9(10)11/h1-4,7-8,16,21H,5-6,15H2,(H,17,18)(H,19,20)/t8-,14+/m1/s1. The number of para-hydroxylation sites is 1. The number of hydrogen-bond donors (Lipinski definition) is 5. The second-order valence-corrected chi connectivity index (χ2v) is 4.98. The quantitative estimate of drug-likeness (QED) is 0.529. The summed E-state index contributed by atoms with van der Waals surface area (Å²) in [6.07, 6.45) is 0.598. The number of nitrogens with one attached hydrogen (secondary N) is 1. The van der Waals surface area contributed by atoms with Gasteiger partial charge in [0.15, 0.2) is 5.60 Å². The van der Waals surface area contributed by atoms with Gasteiger partial charge in [0.1, 0.15) is 0 Å². The zero-order valence-electron chi connectivity index (χ0n) is 11.1. The Kier molecular flexibility index (Phi) is 3.97. The van der Waals surface area contributed by atoms with E-state index in [2.05, 4.69) is 4.98 Å². The minimum absolute atomic E-state index is 0.173. The summed E-state index contributed by atoms with van der Waals surface area (Å²) < 4.78 is 0. The molecule has 1 aromatic heterocycles. The van der Waals surface area contributed by atoms with E-state index in [1.54, 1.807) is 24.3 Å². The zero-order valence-corrected chi connectivity index (χ0v) is 11.1. The third-order valence-electron chi connectivity index (χ3n) is 3.38. The van der Waals surface area contributed by atoms with Crippen molar-refractivity contribution in [3.63, 3.8) is 0 Å². The smallest absolute Gasteiger partial charge is 0.340 e. The van der Waals surface area contributed by atoms with Crippen molar-refractivity contribution >= 4 is 22.8 Å². The molecule has 2 atom stereocenters. The maximum atomic E-state index is 11.5. The Labute approximate surface area is 120 Å². The number of aliphatic hydroxyl groups is 1. The molecule has 2 rings (SSSR count). The van der Waals surface area contributed by atoms with E-state index >= 15 is 0 Å². The van der Waals surface area contributed by atoms with Crippen LogP contribution in [0.25, 0.3) is 10.9 Å². The molecule has 0 saturated heterocycles. The number of carboxylic acids is 2. The molecule has 21 heavy (non-hydrogen) atoms. The fraction of sp³-hybridized carbons (Fsp3) is 0.286. The molecule has 0 aliphatic heterocycles. The molecule has 2 aromatic rings. The van der Waals surface area contributed by atoms with E-state index in [1.807, 2.05) is 0 Å². The van der Waals surface area contributed by atoms with Gasteiger partial charge in [0.25, 0.3) is 0 Å². The number of rotatable bonds is 6. The van der Waals surface area contributed by atoms with Crippen molar-refractivity contribution in [2.45, 2.75) is 24.5 Å². The van der Waals surface area contributed by atoms with Crippen LogP contribution in [0.3, 0.4) is 0 Å². The van der Waals surface area contributed by atoms with Crippen LogP contribution in [-0.4, -0.2) is 38.3 Å². The first-order valence-electron chi connectivity index (χ1n) is 6.34. The molecule has 1 heterocycles. The van der Waals surface area contributed by atoms with Crippen LogP contribution in [0.5, 0.6) is 0 Å². The van der Waals surface area contributed by atoms with Crippen LogP contribution in [0.4, 0.5) is 0 Å². The number of aliphatic carboxylic acids is 2. The average Bonchev–Trinajstić information content (AvgIpc) is 2.81. The minimum atomic E-state index is -2.24. The number of carboxylic acid groups (broad SMARTS) is 2. The monoisotopic (exact) mass is 292 g/mol. The molecule has 0 unspecified atom stereocenters. The third kappa shape index (κ3) is 2.88. The molecule has 0 aliphatic carbocycles. The van der Waals surface area contributed by atoms with Crippen LogP contribution in [-0.2, 0) is 15.2 Å². The summed E-state index contributed by atoms with van der Waals surface area (Å²) in [5.74, 6) is -2.61. The Morgan fingerprint density at radius 2 is 1.95 bits per heavy atom. The fourth-order valence-electron chi connectivity index (χ4n) is 2.40. The number of hydrogen-bond acceptors (Lipinski definition) is 4. The lowest BCUT2D eigenvalue weighted by molar-refractivity contribution is -0.161. The van der Waals surface area contributed by atoms with Crippen LogP contribution >= 0.6 is 0 Å². The van der Waals surface area contributed by atoms with E-state index in [9.17, 15) is 19.8 Å². The van der Waals surface area contributed by atoms with Gasteiger partial charge in [-0.1, -0.05) is 18.2 Å². The van der Waals surface area contributed by atoms with Gasteiger partial charge in [-0.2, -0.15) is 0 Å². The Hall–Kier alpha value is -2.38. The fourth-order valence-corrected chi connectivity index (χ4v) is 2.40. The van der Waals surface area contributed by atoms with Crippen molar-refractivity contribution in [2.75, 3.05) is 0 Å². The Morgan fingerprint density at radius 3 is 2.57 bits per heavy atom. The molecule has 7 nitrogen and oxygen atoms in total. The summed E-state index contributed by atoms with van der Waals surface area (Å²) in [5, 5.41) is 29.2. The van der Waals surface area contributed by atoms with E-state index in [4.69, 9.17) is 10.8 Å². The second-order valence-electron chi connectivity index (χ2n) is 4.98. The van der Waals surface area contributed by atoms with Crippen LogP contribution in [0.15, 0.2) is 30.5 Å². The largest absolute Gasteiger partial charge is 0.481 e. The maximum Gasteiger partial charge on any atom is 0.340 e. The van der Waals surface area contributed by atoms with Gasteiger partial charge in [-0.3, -0.25) is 4.79 Å². The van der Waals surface area contributed by atoms with Crippen molar-refractivity contribution in [2.24, 2.45) is 5.73 Å². The first kappa shape index (κ1) is 15.0. The molecule has 0 spiro atoms. The van der Waals surface area contributed by atoms with Gasteiger partial charge in [-0.25, -0.2) is 4.79 Å². The molecule has 6 N–H and O–H groups in total. The summed E-state index contributed by atoms with van der Waals surface area (Å²) in [6, 6.07) is 5.95. The van der Waals surface area contributed by atoms with Gasteiger partial charge in [0.05, 0.1) is 6.42 Å². The lowest BCUT2D eigenvalue weighted by atomic mass is 9.86. The van der Waals surface area contributed by atoms with Gasteiger partial charge in [-0.15, -0.1) is 0 Å². The lowest BCUT2D eigenvalue weighted by Crippen LogP contribution is -2.42. The minimum Gasteiger partial charge on any atom is -0.481 e. The predicted molar refractivity (Wildman–Crippen MR) is 74.7 cm³/mol. The SMILES string of the molecule is N[C@H](CC(=O)O)C[C@@](O)(C(=O)O)c1c[nH]c2ccccc12. The number of carbonyl (C=O) groups is 2. The van der Waals surface area contributed by atoms with Crippen LogP contribution in [0.2, 0.25) is 0 Å². The van der Waals surface area contributed by atoms with Crippen molar-refractivity contribution < 1.29 is 24.9 Å². The number of aromatic amines is 1. The first-order valence-corrected chi connectivity index (χ1v) is 6.34. The van der Waals surface area contributed by atoms with Gasteiger partial charge in [0.2, 0.25) is 0 Å². The average molecular weight is 292 g/mol. The molecule has 7 heteroatoms. The van der Waals surface area contributed by atoms with Crippen molar-refractivity contribution in [1.29, 1.82) is 0 Å². The molecule has 0 saturated carbocycles. The maximum absolute atomic E-state index is 11.5. The molecule has 0 amide bonds. The van der Waals surface area contributed by atoms with Gasteiger partial charge in [-0.05, 0) is 6.07 Å². The summed E-state index contributed by atoms with van der Waals surface area (Å²) in [5.41, 5.74) is 4.24. The Balaban J connectivity index is 2.42. The van der Waals surface area contributed by atoms with Crippen molar-refractivity contribution in [3.05, 3.63) is 36.0 Å². The van der Waals surface area contributed by atoms with Crippen molar-refractivity contribution in [3.8, 4) is 0 Å². The molecule has 0 aliphatic rings. The van der Waals surface area contributed by atoms with E-state index in [-0.39, 0.29) is 5.56 Å². The van der Waals surface area contributed by atoms with E-state index < -0.39 is 36.4 Å². The topological polar surface area (TPSA) is 137 Å². The molecule has 1 aromatic carbocycles. The normalized spacial score (nSPS) is 15.5. The number of benzene rings is 1. The highest BCUT2D eigenvalue weighted by Gasteiger charge is 2.41. The number of aromatic nitrogens is 1. The molecular formula is C14H16N2O5. The van der Waals surface area contributed by atoms with Crippen LogP contribution in [0.1, 0.15) is 18.4 Å². The molecule has 112 valence electrons. The summed E-state index contributed by atoms with van der Waals surface area (Å²) in [4.78, 5) is 25.0. The number of H-pyrrole nitrogens is 1. The highest BCUT2D eigenvalue weighted by atomic mass is 16.4. The van der Waals surface area contributed by atoms with E-state index in [0.717, 1.165) is 0 Å². The third-order valence-corrected chi connectivity index (χ3v) is 3.38. The van der Waals surface area contributed by atoms with Crippen LogP contribution in [0, 0.1) is 0 Å².